The maximum atomic E-state index is 6.18. The molecule has 114 valence electrons. The van der Waals surface area contributed by atoms with Crippen molar-refractivity contribution in [1.29, 1.82) is 0 Å². The molecule has 0 aliphatic carbocycles. The van der Waals surface area contributed by atoms with Crippen molar-refractivity contribution in [3.05, 3.63) is 49.6 Å². The Balaban J connectivity index is 2.26. The highest BCUT2D eigenvalue weighted by Crippen LogP contribution is 2.37. The minimum Gasteiger partial charge on any atom is -0.494 e. The van der Waals surface area contributed by atoms with E-state index in [-0.39, 0.29) is 6.04 Å². The molecule has 0 spiro atoms. The molecule has 2 aromatic rings. The number of nitrogens with one attached hydrogen (secondary N) is 1. The fourth-order valence-electron chi connectivity index (χ4n) is 2.10. The topological polar surface area (TPSA) is 21.3 Å². The molecule has 0 bridgehead atoms. The van der Waals surface area contributed by atoms with E-state index in [1.807, 2.05) is 25.1 Å². The van der Waals surface area contributed by atoms with Gasteiger partial charge >= 0.3 is 0 Å². The Morgan fingerprint density at radius 1 is 1.29 bits per heavy atom. The van der Waals surface area contributed by atoms with E-state index in [1.54, 1.807) is 11.3 Å². The smallest absolute Gasteiger partial charge is 0.119 e. The average Bonchev–Trinajstić information content (AvgIpc) is 2.81. The van der Waals surface area contributed by atoms with Crippen molar-refractivity contribution in [1.82, 2.24) is 5.32 Å². The van der Waals surface area contributed by atoms with Crippen LogP contribution in [-0.2, 0) is 0 Å². The fourth-order valence-corrected chi connectivity index (χ4v) is 3.95. The van der Waals surface area contributed by atoms with Crippen LogP contribution in [0.1, 0.15) is 36.8 Å². The molecule has 0 amide bonds. The van der Waals surface area contributed by atoms with Gasteiger partial charge in [0.1, 0.15) is 5.75 Å². The highest BCUT2D eigenvalue weighted by atomic mass is 79.9. The monoisotopic (exact) mass is 387 g/mol. The molecule has 1 aromatic heterocycles. The van der Waals surface area contributed by atoms with Gasteiger partial charge in [0.05, 0.1) is 21.5 Å². The van der Waals surface area contributed by atoms with Crippen LogP contribution in [0.25, 0.3) is 0 Å². The largest absolute Gasteiger partial charge is 0.494 e. The quantitative estimate of drug-likeness (QED) is 0.661. The first-order chi connectivity index (χ1) is 10.2. The highest BCUT2D eigenvalue weighted by molar-refractivity contribution is 9.11. The summed E-state index contributed by atoms with van der Waals surface area (Å²) in [6, 6.07) is 10.4. The first-order valence-electron chi connectivity index (χ1n) is 7.06. The standard InChI is InChI=1S/C16H19BrClNOS/c1-3-9-19-15(14-10-13(18)16(17)21-14)11-5-7-12(8-6-11)20-4-2/h5-8,10,15,19H,3-4,9H2,1-2H3. The zero-order valence-electron chi connectivity index (χ0n) is 12.2. The third-order valence-electron chi connectivity index (χ3n) is 3.07. The summed E-state index contributed by atoms with van der Waals surface area (Å²) in [5.74, 6) is 0.904. The van der Waals surface area contributed by atoms with E-state index < -0.39 is 0 Å². The predicted octanol–water partition coefficient (Wildman–Crippen LogP) is 5.65. The third kappa shape index (κ3) is 4.46. The molecule has 2 rings (SSSR count). The zero-order chi connectivity index (χ0) is 15.2. The van der Waals surface area contributed by atoms with Crippen LogP contribution >= 0.6 is 38.9 Å². The molecular formula is C16H19BrClNOS. The number of benzene rings is 1. The fraction of sp³-hybridized carbons (Fsp3) is 0.375. The molecule has 5 heteroatoms. The summed E-state index contributed by atoms with van der Waals surface area (Å²) in [7, 11) is 0. The average molecular weight is 389 g/mol. The Morgan fingerprint density at radius 3 is 2.52 bits per heavy atom. The van der Waals surface area contributed by atoms with Crippen LogP contribution in [0.5, 0.6) is 5.75 Å². The van der Waals surface area contributed by atoms with Crippen LogP contribution in [0, 0.1) is 0 Å². The molecule has 1 N–H and O–H groups in total. The zero-order valence-corrected chi connectivity index (χ0v) is 15.3. The van der Waals surface area contributed by atoms with Crippen LogP contribution in [0.2, 0.25) is 5.02 Å². The number of thiophene rings is 1. The second-order valence-electron chi connectivity index (χ2n) is 4.66. The van der Waals surface area contributed by atoms with Gasteiger partial charge in [-0.1, -0.05) is 30.7 Å². The molecule has 1 atom stereocenters. The third-order valence-corrected chi connectivity index (χ3v) is 5.61. The minimum absolute atomic E-state index is 0.162. The maximum absolute atomic E-state index is 6.18. The molecule has 0 aliphatic rings. The lowest BCUT2D eigenvalue weighted by molar-refractivity contribution is 0.340. The summed E-state index contributed by atoms with van der Waals surface area (Å²) in [6.07, 6.45) is 1.09. The first-order valence-corrected chi connectivity index (χ1v) is 9.05. The lowest BCUT2D eigenvalue weighted by Gasteiger charge is -2.18. The number of rotatable bonds is 7. The van der Waals surface area contributed by atoms with Crippen molar-refractivity contribution in [2.75, 3.05) is 13.2 Å². The van der Waals surface area contributed by atoms with E-state index in [2.05, 4.69) is 40.3 Å². The number of hydrogen-bond acceptors (Lipinski definition) is 3. The van der Waals surface area contributed by atoms with Crippen molar-refractivity contribution in [3.63, 3.8) is 0 Å². The second kappa shape index (κ2) is 8.18. The van der Waals surface area contributed by atoms with Gasteiger partial charge in [0, 0.05) is 4.88 Å². The summed E-state index contributed by atoms with van der Waals surface area (Å²) < 4.78 is 6.48. The van der Waals surface area contributed by atoms with Crippen molar-refractivity contribution in [2.45, 2.75) is 26.3 Å². The molecule has 0 saturated carbocycles. The van der Waals surface area contributed by atoms with Gasteiger partial charge in [-0.3, -0.25) is 0 Å². The number of ether oxygens (including phenoxy) is 1. The highest BCUT2D eigenvalue weighted by Gasteiger charge is 2.17. The molecule has 0 fully saturated rings. The normalized spacial score (nSPS) is 12.4. The summed E-state index contributed by atoms with van der Waals surface area (Å²) in [6.45, 7) is 5.81. The molecule has 1 unspecified atom stereocenters. The number of hydrogen-bond donors (Lipinski definition) is 1. The van der Waals surface area contributed by atoms with Crippen LogP contribution in [0.4, 0.5) is 0 Å². The molecule has 0 radical (unpaired) electrons. The summed E-state index contributed by atoms with van der Waals surface area (Å²) in [5.41, 5.74) is 1.22. The molecule has 1 aromatic carbocycles. The van der Waals surface area contributed by atoms with E-state index in [1.165, 1.54) is 10.4 Å². The van der Waals surface area contributed by atoms with E-state index in [4.69, 9.17) is 16.3 Å². The van der Waals surface area contributed by atoms with Gasteiger partial charge in [-0.05, 0) is 59.6 Å². The second-order valence-corrected chi connectivity index (χ2v) is 7.47. The van der Waals surface area contributed by atoms with Crippen LogP contribution < -0.4 is 10.1 Å². The van der Waals surface area contributed by atoms with Crippen LogP contribution in [-0.4, -0.2) is 13.2 Å². The Labute approximate surface area is 143 Å². The molecule has 21 heavy (non-hydrogen) atoms. The van der Waals surface area contributed by atoms with Gasteiger partial charge in [-0.25, -0.2) is 0 Å². The van der Waals surface area contributed by atoms with E-state index >= 15 is 0 Å². The Morgan fingerprint density at radius 2 is 2.00 bits per heavy atom. The molecular weight excluding hydrogens is 370 g/mol. The summed E-state index contributed by atoms with van der Waals surface area (Å²) in [4.78, 5) is 1.21. The molecule has 2 nitrogen and oxygen atoms in total. The Bertz CT molecular complexity index is 551. The lowest BCUT2D eigenvalue weighted by Crippen LogP contribution is -2.22. The van der Waals surface area contributed by atoms with Crippen molar-refractivity contribution < 1.29 is 4.74 Å². The van der Waals surface area contributed by atoms with E-state index in [0.29, 0.717) is 6.61 Å². The van der Waals surface area contributed by atoms with Gasteiger partial charge in [-0.15, -0.1) is 11.3 Å². The molecule has 0 aliphatic heterocycles. The molecule has 0 saturated heterocycles. The van der Waals surface area contributed by atoms with E-state index in [9.17, 15) is 0 Å². The first kappa shape index (κ1) is 16.8. The Kier molecular flexibility index (Phi) is 6.55. The van der Waals surface area contributed by atoms with Crippen LogP contribution in [0.15, 0.2) is 34.1 Å². The van der Waals surface area contributed by atoms with Gasteiger partial charge in [0.2, 0.25) is 0 Å². The Hall–Kier alpha value is -0.550. The van der Waals surface area contributed by atoms with Gasteiger partial charge in [-0.2, -0.15) is 0 Å². The minimum atomic E-state index is 0.162. The van der Waals surface area contributed by atoms with E-state index in [0.717, 1.165) is 27.5 Å². The SMILES string of the molecule is CCCNC(c1ccc(OCC)cc1)c1cc(Cl)c(Br)s1. The lowest BCUT2D eigenvalue weighted by atomic mass is 10.0. The summed E-state index contributed by atoms with van der Waals surface area (Å²) >= 11 is 11.3. The van der Waals surface area contributed by atoms with Gasteiger partial charge in [0.25, 0.3) is 0 Å². The van der Waals surface area contributed by atoms with Gasteiger partial charge < -0.3 is 10.1 Å². The molecule has 1 heterocycles. The predicted molar refractivity (Wildman–Crippen MR) is 94.8 cm³/mol. The summed E-state index contributed by atoms with van der Waals surface area (Å²) in [5, 5.41) is 4.35. The van der Waals surface area contributed by atoms with Crippen molar-refractivity contribution >= 4 is 38.9 Å². The van der Waals surface area contributed by atoms with Crippen molar-refractivity contribution in [3.8, 4) is 5.75 Å². The van der Waals surface area contributed by atoms with Crippen LogP contribution in [0.3, 0.4) is 0 Å². The van der Waals surface area contributed by atoms with Crippen molar-refractivity contribution in [2.24, 2.45) is 0 Å². The number of halogens is 2. The maximum Gasteiger partial charge on any atom is 0.119 e. The van der Waals surface area contributed by atoms with Gasteiger partial charge in [0.15, 0.2) is 0 Å².